The lowest BCUT2D eigenvalue weighted by Crippen LogP contribution is -2.14. The molecule has 0 unspecified atom stereocenters. The third kappa shape index (κ3) is 3.91. The van der Waals surface area contributed by atoms with Gasteiger partial charge in [-0.3, -0.25) is 4.79 Å². The first-order valence-electron chi connectivity index (χ1n) is 5.91. The van der Waals surface area contributed by atoms with Gasteiger partial charge in [0.15, 0.2) is 0 Å². The molecule has 0 aliphatic carbocycles. The first kappa shape index (κ1) is 14.7. The van der Waals surface area contributed by atoms with Gasteiger partial charge in [-0.1, -0.05) is 35.5 Å². The van der Waals surface area contributed by atoms with Gasteiger partial charge in [-0.15, -0.1) is 5.10 Å². The Bertz CT molecular complexity index is 636. The van der Waals surface area contributed by atoms with Crippen LogP contribution in [0.15, 0.2) is 29.4 Å². The highest BCUT2D eigenvalue weighted by Gasteiger charge is 2.08. The lowest BCUT2D eigenvalue weighted by Gasteiger charge is -2.06. The molecule has 7 heteroatoms. The van der Waals surface area contributed by atoms with Gasteiger partial charge in [-0.2, -0.15) is 5.10 Å². The van der Waals surface area contributed by atoms with Crippen LogP contribution >= 0.6 is 23.4 Å². The minimum absolute atomic E-state index is 0.162. The van der Waals surface area contributed by atoms with E-state index in [1.165, 1.54) is 11.8 Å². The number of aryl methyl sites for hydroxylation is 2. The van der Waals surface area contributed by atoms with E-state index in [0.717, 1.165) is 11.4 Å². The van der Waals surface area contributed by atoms with Crippen molar-refractivity contribution in [2.75, 3.05) is 11.1 Å². The second kappa shape index (κ2) is 6.67. The average molecular weight is 309 g/mol. The highest BCUT2D eigenvalue weighted by molar-refractivity contribution is 7.99. The zero-order valence-electron chi connectivity index (χ0n) is 11.1. The van der Waals surface area contributed by atoms with Crippen LogP contribution in [0, 0.1) is 13.8 Å². The molecule has 1 aromatic heterocycles. The molecule has 0 aliphatic rings. The summed E-state index contributed by atoms with van der Waals surface area (Å²) in [5.41, 5.74) is 2.20. The normalized spacial score (nSPS) is 10.3. The number of amides is 1. The number of hydrogen-bond acceptors (Lipinski definition) is 5. The van der Waals surface area contributed by atoms with E-state index in [2.05, 4.69) is 20.5 Å². The van der Waals surface area contributed by atoms with E-state index < -0.39 is 0 Å². The summed E-state index contributed by atoms with van der Waals surface area (Å²) in [5.74, 6) is 0.0417. The van der Waals surface area contributed by atoms with E-state index in [1.54, 1.807) is 18.2 Å². The van der Waals surface area contributed by atoms with E-state index in [4.69, 9.17) is 11.6 Å². The minimum Gasteiger partial charge on any atom is -0.324 e. The third-order valence-corrected chi connectivity index (χ3v) is 3.72. The number of hydrogen-bond donors (Lipinski definition) is 1. The number of aromatic nitrogens is 3. The molecule has 0 bridgehead atoms. The van der Waals surface area contributed by atoms with E-state index >= 15 is 0 Å². The molecule has 1 N–H and O–H groups in total. The van der Waals surface area contributed by atoms with Gasteiger partial charge in [0, 0.05) is 0 Å². The zero-order chi connectivity index (χ0) is 14.5. The minimum atomic E-state index is -0.162. The monoisotopic (exact) mass is 308 g/mol. The van der Waals surface area contributed by atoms with Gasteiger partial charge in [-0.05, 0) is 26.0 Å². The number of anilines is 1. The summed E-state index contributed by atoms with van der Waals surface area (Å²) in [6.07, 6.45) is 0. The largest absolute Gasteiger partial charge is 0.324 e. The van der Waals surface area contributed by atoms with Crippen LogP contribution in [0.4, 0.5) is 5.69 Å². The number of carbonyl (C=O) groups excluding carboxylic acids is 1. The van der Waals surface area contributed by atoms with Crippen LogP contribution in [0.5, 0.6) is 0 Å². The van der Waals surface area contributed by atoms with E-state index in [0.29, 0.717) is 15.9 Å². The number of nitrogens with zero attached hydrogens (tertiary/aromatic N) is 3. The van der Waals surface area contributed by atoms with Crippen molar-refractivity contribution < 1.29 is 4.79 Å². The predicted octanol–water partition coefficient (Wildman–Crippen LogP) is 2.87. The second-order valence-corrected chi connectivity index (χ2v) is 5.43. The molecule has 0 spiro atoms. The summed E-state index contributed by atoms with van der Waals surface area (Å²) < 4.78 is 0. The van der Waals surface area contributed by atoms with Crippen LogP contribution in [0.2, 0.25) is 5.02 Å². The van der Waals surface area contributed by atoms with Gasteiger partial charge in [-0.25, -0.2) is 4.98 Å². The lowest BCUT2D eigenvalue weighted by atomic mass is 10.3. The molecule has 0 atom stereocenters. The Kier molecular flexibility index (Phi) is 4.92. The van der Waals surface area contributed by atoms with Gasteiger partial charge in [0.1, 0.15) is 0 Å². The molecule has 0 saturated carbocycles. The topological polar surface area (TPSA) is 67.8 Å². The number of benzene rings is 1. The Hall–Kier alpha value is -1.66. The van der Waals surface area contributed by atoms with Crippen molar-refractivity contribution >= 4 is 35.0 Å². The molecule has 1 amide bonds. The van der Waals surface area contributed by atoms with Crippen LogP contribution < -0.4 is 5.32 Å². The molecule has 104 valence electrons. The SMILES string of the molecule is Cc1nnc(SCC(=O)Nc2ccccc2Cl)nc1C. The van der Waals surface area contributed by atoms with Gasteiger partial charge in [0.2, 0.25) is 11.1 Å². The lowest BCUT2D eigenvalue weighted by molar-refractivity contribution is -0.113. The molecule has 0 aliphatic heterocycles. The van der Waals surface area contributed by atoms with Crippen molar-refractivity contribution in [1.82, 2.24) is 15.2 Å². The summed E-state index contributed by atoms with van der Waals surface area (Å²) in [6, 6.07) is 7.09. The Labute approximate surface area is 126 Å². The number of rotatable bonds is 4. The number of carbonyl (C=O) groups is 1. The summed E-state index contributed by atoms with van der Waals surface area (Å²) in [6.45, 7) is 3.70. The molecule has 5 nitrogen and oxygen atoms in total. The molecular formula is C13H13ClN4OS. The molecule has 1 aromatic carbocycles. The molecule has 0 radical (unpaired) electrons. The van der Waals surface area contributed by atoms with Crippen LogP contribution in [-0.2, 0) is 4.79 Å². The van der Waals surface area contributed by atoms with Gasteiger partial charge in [0.05, 0.1) is 27.9 Å². The number of thioether (sulfide) groups is 1. The fraction of sp³-hybridized carbons (Fsp3) is 0.231. The van der Waals surface area contributed by atoms with E-state index in [9.17, 15) is 4.79 Å². The number of halogens is 1. The Balaban J connectivity index is 1.92. The van der Waals surface area contributed by atoms with Gasteiger partial charge < -0.3 is 5.32 Å². The van der Waals surface area contributed by atoms with Crippen molar-refractivity contribution in [3.63, 3.8) is 0 Å². The predicted molar refractivity (Wildman–Crippen MR) is 80.1 cm³/mol. The van der Waals surface area contributed by atoms with Crippen molar-refractivity contribution in [2.24, 2.45) is 0 Å². The molecule has 0 saturated heterocycles. The molecular weight excluding hydrogens is 296 g/mol. The molecule has 1 heterocycles. The maximum atomic E-state index is 11.8. The van der Waals surface area contributed by atoms with Crippen molar-refractivity contribution in [1.29, 1.82) is 0 Å². The van der Waals surface area contributed by atoms with Crippen LogP contribution in [0.25, 0.3) is 0 Å². The summed E-state index contributed by atoms with van der Waals surface area (Å²) in [7, 11) is 0. The molecule has 0 fully saturated rings. The first-order chi connectivity index (χ1) is 9.56. The zero-order valence-corrected chi connectivity index (χ0v) is 12.6. The molecule has 2 rings (SSSR count). The Morgan fingerprint density at radius 2 is 2.00 bits per heavy atom. The smallest absolute Gasteiger partial charge is 0.234 e. The van der Waals surface area contributed by atoms with E-state index in [-0.39, 0.29) is 11.7 Å². The maximum Gasteiger partial charge on any atom is 0.234 e. The standard InChI is InChI=1S/C13H13ClN4OS/c1-8-9(2)17-18-13(15-8)20-7-12(19)16-11-6-4-3-5-10(11)14/h3-6H,7H2,1-2H3,(H,16,19). The number of nitrogens with one attached hydrogen (secondary N) is 1. The second-order valence-electron chi connectivity index (χ2n) is 4.08. The van der Waals surface area contributed by atoms with Gasteiger partial charge >= 0.3 is 0 Å². The third-order valence-electron chi connectivity index (χ3n) is 2.55. The fourth-order valence-corrected chi connectivity index (χ4v) is 2.19. The Morgan fingerprint density at radius 3 is 2.70 bits per heavy atom. The average Bonchev–Trinajstić information content (AvgIpc) is 2.43. The number of para-hydroxylation sites is 1. The Morgan fingerprint density at radius 1 is 1.25 bits per heavy atom. The highest BCUT2D eigenvalue weighted by Crippen LogP contribution is 2.21. The van der Waals surface area contributed by atoms with Crippen LogP contribution in [0.1, 0.15) is 11.4 Å². The van der Waals surface area contributed by atoms with Crippen molar-refractivity contribution in [3.8, 4) is 0 Å². The fourth-order valence-electron chi connectivity index (χ4n) is 1.38. The van der Waals surface area contributed by atoms with Gasteiger partial charge in [0.25, 0.3) is 0 Å². The van der Waals surface area contributed by atoms with Crippen molar-refractivity contribution in [3.05, 3.63) is 40.7 Å². The van der Waals surface area contributed by atoms with Crippen LogP contribution in [0.3, 0.4) is 0 Å². The highest BCUT2D eigenvalue weighted by atomic mass is 35.5. The summed E-state index contributed by atoms with van der Waals surface area (Å²) in [5, 5.41) is 11.6. The molecule has 2 aromatic rings. The summed E-state index contributed by atoms with van der Waals surface area (Å²) in [4.78, 5) is 16.1. The van der Waals surface area contributed by atoms with Crippen LogP contribution in [-0.4, -0.2) is 26.8 Å². The maximum absolute atomic E-state index is 11.8. The summed E-state index contributed by atoms with van der Waals surface area (Å²) >= 11 is 7.20. The first-order valence-corrected chi connectivity index (χ1v) is 7.27. The molecule has 20 heavy (non-hydrogen) atoms. The van der Waals surface area contributed by atoms with E-state index in [1.807, 2.05) is 19.9 Å². The quantitative estimate of drug-likeness (QED) is 0.880. The van der Waals surface area contributed by atoms with Crippen molar-refractivity contribution in [2.45, 2.75) is 19.0 Å².